The van der Waals surface area contributed by atoms with Gasteiger partial charge in [0, 0.05) is 18.9 Å². The molecule has 1 amide bonds. The fourth-order valence-electron chi connectivity index (χ4n) is 2.43. The van der Waals surface area contributed by atoms with E-state index in [9.17, 15) is 4.79 Å². The summed E-state index contributed by atoms with van der Waals surface area (Å²) in [6, 6.07) is 7.69. The highest BCUT2D eigenvalue weighted by Gasteiger charge is 2.09. The van der Waals surface area contributed by atoms with E-state index < -0.39 is 0 Å². The Kier molecular flexibility index (Phi) is 4.93. The first-order valence-electron chi connectivity index (χ1n) is 6.94. The van der Waals surface area contributed by atoms with Crippen LogP contribution in [0.3, 0.4) is 0 Å². The van der Waals surface area contributed by atoms with Crippen molar-refractivity contribution in [1.29, 1.82) is 0 Å². The maximum Gasteiger partial charge on any atom is 0.252 e. The molecule has 1 aromatic heterocycles. The van der Waals surface area contributed by atoms with E-state index in [0.717, 1.165) is 23.3 Å². The maximum absolute atomic E-state index is 11.9. The smallest absolute Gasteiger partial charge is 0.252 e. The number of amides is 1. The van der Waals surface area contributed by atoms with Crippen LogP contribution in [0.25, 0.3) is 0 Å². The number of ether oxygens (including phenoxy) is 1. The van der Waals surface area contributed by atoms with Gasteiger partial charge in [0.15, 0.2) is 0 Å². The van der Waals surface area contributed by atoms with E-state index >= 15 is 0 Å². The maximum atomic E-state index is 11.9. The molecule has 2 rings (SSSR count). The van der Waals surface area contributed by atoms with Gasteiger partial charge in [-0.2, -0.15) is 0 Å². The van der Waals surface area contributed by atoms with Gasteiger partial charge in [-0.15, -0.1) is 0 Å². The van der Waals surface area contributed by atoms with Crippen LogP contribution in [0.1, 0.15) is 27.0 Å². The number of hydrogen-bond donors (Lipinski definition) is 1. The molecule has 0 aliphatic carbocycles. The van der Waals surface area contributed by atoms with E-state index in [4.69, 9.17) is 4.74 Å². The molecule has 1 heterocycles. The number of pyridine rings is 1. The molecule has 0 saturated heterocycles. The molecule has 0 aliphatic heterocycles. The zero-order valence-electron chi connectivity index (χ0n) is 12.6. The van der Waals surface area contributed by atoms with Gasteiger partial charge in [-0.3, -0.25) is 9.78 Å². The molecule has 0 spiro atoms. The molecule has 4 heteroatoms. The number of aromatic nitrogens is 1. The van der Waals surface area contributed by atoms with E-state index in [2.05, 4.69) is 29.4 Å². The van der Waals surface area contributed by atoms with Gasteiger partial charge in [0.2, 0.25) is 0 Å². The lowest BCUT2D eigenvalue weighted by Crippen LogP contribution is -2.25. The standard InChI is InChI=1S/C17H20N2O2/c1-12-9-13(2)16(21-3)14(10-12)6-8-19-17(20)15-5-4-7-18-11-15/h4-5,7,9-11H,6,8H2,1-3H3,(H,19,20). The summed E-state index contributed by atoms with van der Waals surface area (Å²) < 4.78 is 5.45. The third kappa shape index (κ3) is 3.81. The summed E-state index contributed by atoms with van der Waals surface area (Å²) >= 11 is 0. The van der Waals surface area contributed by atoms with Crippen molar-refractivity contribution in [2.75, 3.05) is 13.7 Å². The van der Waals surface area contributed by atoms with Gasteiger partial charge in [0.05, 0.1) is 12.7 Å². The highest BCUT2D eigenvalue weighted by molar-refractivity contribution is 5.93. The first-order valence-corrected chi connectivity index (χ1v) is 6.94. The Morgan fingerprint density at radius 3 is 2.81 bits per heavy atom. The van der Waals surface area contributed by atoms with Crippen LogP contribution in [0.2, 0.25) is 0 Å². The van der Waals surface area contributed by atoms with Crippen LogP contribution in [0.4, 0.5) is 0 Å². The van der Waals surface area contributed by atoms with Crippen molar-refractivity contribution in [3.63, 3.8) is 0 Å². The number of benzene rings is 1. The number of hydrogen-bond acceptors (Lipinski definition) is 3. The number of nitrogens with zero attached hydrogens (tertiary/aromatic N) is 1. The van der Waals surface area contributed by atoms with E-state index in [1.807, 2.05) is 6.92 Å². The lowest BCUT2D eigenvalue weighted by Gasteiger charge is -2.13. The SMILES string of the molecule is COc1c(C)cc(C)cc1CCNC(=O)c1cccnc1. The van der Waals surface area contributed by atoms with Gasteiger partial charge >= 0.3 is 0 Å². The fraction of sp³-hybridized carbons (Fsp3) is 0.294. The van der Waals surface area contributed by atoms with Gasteiger partial charge in [0.25, 0.3) is 5.91 Å². The van der Waals surface area contributed by atoms with E-state index in [1.54, 1.807) is 31.6 Å². The van der Waals surface area contributed by atoms with Gasteiger partial charge < -0.3 is 10.1 Å². The summed E-state index contributed by atoms with van der Waals surface area (Å²) in [7, 11) is 1.68. The lowest BCUT2D eigenvalue weighted by atomic mass is 10.0. The second-order valence-electron chi connectivity index (χ2n) is 5.02. The number of rotatable bonds is 5. The van der Waals surface area contributed by atoms with Crippen molar-refractivity contribution in [3.05, 3.63) is 58.9 Å². The molecule has 0 bridgehead atoms. The first kappa shape index (κ1) is 15.0. The number of carbonyl (C=O) groups is 1. The molecule has 0 radical (unpaired) electrons. The van der Waals surface area contributed by atoms with E-state index in [0.29, 0.717) is 12.1 Å². The molecule has 1 aromatic carbocycles. The van der Waals surface area contributed by atoms with Crippen molar-refractivity contribution >= 4 is 5.91 Å². The Morgan fingerprint density at radius 1 is 1.33 bits per heavy atom. The third-order valence-electron chi connectivity index (χ3n) is 3.30. The Bertz CT molecular complexity index is 624. The number of aryl methyl sites for hydroxylation is 2. The Morgan fingerprint density at radius 2 is 2.14 bits per heavy atom. The van der Waals surface area contributed by atoms with Crippen molar-refractivity contribution in [1.82, 2.24) is 10.3 Å². The minimum Gasteiger partial charge on any atom is -0.496 e. The lowest BCUT2D eigenvalue weighted by molar-refractivity contribution is 0.0953. The predicted octanol–water partition coefficient (Wildman–Crippen LogP) is 2.68. The topological polar surface area (TPSA) is 51.2 Å². The summed E-state index contributed by atoms with van der Waals surface area (Å²) in [6.07, 6.45) is 3.95. The van der Waals surface area contributed by atoms with Crippen LogP contribution in [0.15, 0.2) is 36.7 Å². The molecule has 0 aliphatic rings. The van der Waals surface area contributed by atoms with Gasteiger partial charge in [-0.1, -0.05) is 17.7 Å². The van der Waals surface area contributed by atoms with Crippen LogP contribution >= 0.6 is 0 Å². The first-order chi connectivity index (χ1) is 10.1. The minimum atomic E-state index is -0.105. The van der Waals surface area contributed by atoms with E-state index in [-0.39, 0.29) is 5.91 Å². The fourth-order valence-corrected chi connectivity index (χ4v) is 2.43. The normalized spacial score (nSPS) is 10.2. The molecule has 4 nitrogen and oxygen atoms in total. The van der Waals surface area contributed by atoms with Gasteiger partial charge in [0.1, 0.15) is 5.75 Å². The van der Waals surface area contributed by atoms with Crippen LogP contribution in [-0.4, -0.2) is 24.5 Å². The van der Waals surface area contributed by atoms with Crippen LogP contribution < -0.4 is 10.1 Å². The molecule has 21 heavy (non-hydrogen) atoms. The molecular weight excluding hydrogens is 264 g/mol. The summed E-state index contributed by atoms with van der Waals surface area (Å²) in [4.78, 5) is 15.9. The quantitative estimate of drug-likeness (QED) is 0.918. The molecule has 110 valence electrons. The van der Waals surface area contributed by atoms with Crippen LogP contribution in [-0.2, 0) is 6.42 Å². The summed E-state index contributed by atoms with van der Waals surface area (Å²) in [6.45, 7) is 4.65. The van der Waals surface area contributed by atoms with Crippen molar-refractivity contribution < 1.29 is 9.53 Å². The Balaban J connectivity index is 1.99. The summed E-state index contributed by atoms with van der Waals surface area (Å²) in [5.74, 6) is 0.794. The summed E-state index contributed by atoms with van der Waals surface area (Å²) in [5.41, 5.74) is 4.00. The third-order valence-corrected chi connectivity index (χ3v) is 3.30. The minimum absolute atomic E-state index is 0.105. The van der Waals surface area contributed by atoms with E-state index in [1.165, 1.54) is 5.56 Å². The second-order valence-corrected chi connectivity index (χ2v) is 5.02. The number of methoxy groups -OCH3 is 1. The molecule has 0 unspecified atom stereocenters. The number of carbonyl (C=O) groups excluding carboxylic acids is 1. The van der Waals surface area contributed by atoms with Crippen LogP contribution in [0, 0.1) is 13.8 Å². The Hall–Kier alpha value is -2.36. The molecule has 0 saturated carbocycles. The molecule has 1 N–H and O–H groups in total. The monoisotopic (exact) mass is 284 g/mol. The predicted molar refractivity (Wildman–Crippen MR) is 82.7 cm³/mol. The number of nitrogens with one attached hydrogen (secondary N) is 1. The van der Waals surface area contributed by atoms with Crippen molar-refractivity contribution in [2.45, 2.75) is 20.3 Å². The second kappa shape index (κ2) is 6.88. The van der Waals surface area contributed by atoms with Crippen molar-refractivity contribution in [2.24, 2.45) is 0 Å². The average molecular weight is 284 g/mol. The Labute approximate surface area is 125 Å². The van der Waals surface area contributed by atoms with Gasteiger partial charge in [-0.05, 0) is 43.5 Å². The summed E-state index contributed by atoms with van der Waals surface area (Å²) in [5, 5.41) is 2.90. The van der Waals surface area contributed by atoms with Gasteiger partial charge in [-0.25, -0.2) is 0 Å². The highest BCUT2D eigenvalue weighted by Crippen LogP contribution is 2.25. The zero-order chi connectivity index (χ0) is 15.2. The van der Waals surface area contributed by atoms with Crippen molar-refractivity contribution in [3.8, 4) is 5.75 Å². The van der Waals surface area contributed by atoms with Crippen LogP contribution in [0.5, 0.6) is 5.75 Å². The molecular formula is C17H20N2O2. The average Bonchev–Trinajstić information content (AvgIpc) is 2.47. The highest BCUT2D eigenvalue weighted by atomic mass is 16.5. The molecule has 0 fully saturated rings. The largest absolute Gasteiger partial charge is 0.496 e. The zero-order valence-corrected chi connectivity index (χ0v) is 12.6. The molecule has 2 aromatic rings. The molecule has 0 atom stereocenters.